The van der Waals surface area contributed by atoms with Crippen molar-refractivity contribution in [2.24, 2.45) is 5.92 Å². The van der Waals surface area contributed by atoms with Crippen molar-refractivity contribution in [3.8, 4) is 0 Å². The number of carbonyl (C=O) groups is 1. The molecule has 1 aliphatic carbocycles. The van der Waals surface area contributed by atoms with Crippen LogP contribution in [0.25, 0.3) is 0 Å². The minimum Gasteiger partial charge on any atom is -0.481 e. The van der Waals surface area contributed by atoms with Crippen LogP contribution in [0.4, 0.5) is 4.39 Å². The van der Waals surface area contributed by atoms with Crippen molar-refractivity contribution in [3.05, 3.63) is 34.6 Å². The summed E-state index contributed by atoms with van der Waals surface area (Å²) in [5.74, 6) is -1.32. The number of hydrogen-bond acceptors (Lipinski definition) is 2. The summed E-state index contributed by atoms with van der Waals surface area (Å²) in [5, 5.41) is 9.39. The fourth-order valence-electron chi connectivity index (χ4n) is 2.34. The first-order valence-electron chi connectivity index (χ1n) is 6.34. The lowest BCUT2D eigenvalue weighted by molar-refractivity contribution is -0.143. The molecular weight excluding hydrogens is 271 g/mol. The van der Waals surface area contributed by atoms with Gasteiger partial charge in [0, 0.05) is 5.02 Å². The molecule has 0 aromatic heterocycles. The van der Waals surface area contributed by atoms with E-state index < -0.39 is 5.97 Å². The minimum absolute atomic E-state index is 0.0370. The second-order valence-corrected chi connectivity index (χ2v) is 5.27. The molecular formula is C14H16ClFO3. The van der Waals surface area contributed by atoms with Crippen LogP contribution in [0, 0.1) is 11.7 Å². The van der Waals surface area contributed by atoms with Gasteiger partial charge >= 0.3 is 5.97 Å². The van der Waals surface area contributed by atoms with Crippen LogP contribution in [-0.4, -0.2) is 17.2 Å². The zero-order valence-corrected chi connectivity index (χ0v) is 11.2. The molecule has 1 aromatic rings. The van der Waals surface area contributed by atoms with Crippen LogP contribution < -0.4 is 0 Å². The fraction of sp³-hybridized carbons (Fsp3) is 0.500. The van der Waals surface area contributed by atoms with Gasteiger partial charge in [-0.3, -0.25) is 4.79 Å². The molecule has 1 aromatic carbocycles. The molecule has 1 saturated carbocycles. The molecule has 0 radical (unpaired) electrons. The molecule has 0 heterocycles. The van der Waals surface area contributed by atoms with Crippen molar-refractivity contribution in [1.29, 1.82) is 0 Å². The van der Waals surface area contributed by atoms with Crippen molar-refractivity contribution >= 4 is 17.6 Å². The Morgan fingerprint density at radius 3 is 2.68 bits per heavy atom. The summed E-state index contributed by atoms with van der Waals surface area (Å²) in [7, 11) is 0. The second kappa shape index (κ2) is 6.35. The third kappa shape index (κ3) is 3.91. The highest BCUT2D eigenvalue weighted by molar-refractivity contribution is 6.31. The molecule has 1 N–H and O–H groups in total. The van der Waals surface area contributed by atoms with Gasteiger partial charge in [0.05, 0.1) is 18.6 Å². The maximum Gasteiger partial charge on any atom is 0.306 e. The van der Waals surface area contributed by atoms with Crippen LogP contribution in [0.5, 0.6) is 0 Å². The average molecular weight is 287 g/mol. The highest BCUT2D eigenvalue weighted by atomic mass is 35.5. The van der Waals surface area contributed by atoms with Crippen LogP contribution in [-0.2, 0) is 16.1 Å². The maximum absolute atomic E-state index is 13.1. The Morgan fingerprint density at radius 2 is 2.05 bits per heavy atom. The molecule has 0 unspecified atom stereocenters. The van der Waals surface area contributed by atoms with E-state index in [4.69, 9.17) is 21.4 Å². The lowest BCUT2D eigenvalue weighted by Crippen LogP contribution is -2.26. The van der Waals surface area contributed by atoms with Crippen molar-refractivity contribution in [3.63, 3.8) is 0 Å². The Labute approximate surface area is 116 Å². The van der Waals surface area contributed by atoms with E-state index in [1.54, 1.807) is 0 Å². The Bertz CT molecular complexity index is 456. The molecule has 0 saturated heterocycles. The number of hydrogen-bond donors (Lipinski definition) is 1. The second-order valence-electron chi connectivity index (χ2n) is 4.86. The summed E-state index contributed by atoms with van der Waals surface area (Å²) in [5.41, 5.74) is 0.627. The molecule has 1 fully saturated rings. The monoisotopic (exact) mass is 286 g/mol. The summed E-state index contributed by atoms with van der Waals surface area (Å²) < 4.78 is 18.8. The first-order valence-corrected chi connectivity index (χ1v) is 6.72. The smallest absolute Gasteiger partial charge is 0.306 e. The predicted octanol–water partition coefficient (Wildman–Crippen LogP) is 3.64. The molecule has 0 atom stereocenters. The number of benzene rings is 1. The van der Waals surface area contributed by atoms with Crippen LogP contribution in [0.3, 0.4) is 0 Å². The van der Waals surface area contributed by atoms with Crippen LogP contribution >= 0.6 is 11.6 Å². The Balaban J connectivity index is 1.83. The normalized spacial score (nSPS) is 23.3. The van der Waals surface area contributed by atoms with Gasteiger partial charge in [0.25, 0.3) is 0 Å². The largest absolute Gasteiger partial charge is 0.481 e. The van der Waals surface area contributed by atoms with E-state index in [-0.39, 0.29) is 24.4 Å². The van der Waals surface area contributed by atoms with Gasteiger partial charge in [-0.25, -0.2) is 4.39 Å². The van der Waals surface area contributed by atoms with E-state index in [0.717, 1.165) is 12.8 Å². The quantitative estimate of drug-likeness (QED) is 0.919. The third-order valence-corrected chi connectivity index (χ3v) is 3.87. The first-order chi connectivity index (χ1) is 9.06. The lowest BCUT2D eigenvalue weighted by Gasteiger charge is -2.26. The van der Waals surface area contributed by atoms with Gasteiger partial charge in [0.2, 0.25) is 0 Å². The van der Waals surface area contributed by atoms with E-state index in [1.807, 2.05) is 0 Å². The molecule has 0 spiro atoms. The summed E-state index contributed by atoms with van der Waals surface area (Å²) >= 11 is 5.95. The van der Waals surface area contributed by atoms with E-state index in [1.165, 1.54) is 18.2 Å². The molecule has 19 heavy (non-hydrogen) atoms. The van der Waals surface area contributed by atoms with E-state index in [9.17, 15) is 9.18 Å². The molecule has 3 nitrogen and oxygen atoms in total. The Hall–Kier alpha value is -1.13. The van der Waals surface area contributed by atoms with Gasteiger partial charge in [-0.15, -0.1) is 0 Å². The van der Waals surface area contributed by atoms with Gasteiger partial charge in [-0.2, -0.15) is 0 Å². The summed E-state index contributed by atoms with van der Waals surface area (Å²) in [4.78, 5) is 10.8. The standard InChI is InChI=1S/C14H16ClFO3/c15-13-6-3-11(16)7-10(13)8-19-12-4-1-9(2-5-12)14(17)18/h3,6-7,9,12H,1-2,4-5,8H2,(H,17,18). The summed E-state index contributed by atoms with van der Waals surface area (Å²) in [6.45, 7) is 0.263. The van der Waals surface area contributed by atoms with E-state index in [0.29, 0.717) is 23.4 Å². The molecule has 2 rings (SSSR count). The molecule has 0 aliphatic heterocycles. The Morgan fingerprint density at radius 1 is 1.37 bits per heavy atom. The third-order valence-electron chi connectivity index (χ3n) is 3.51. The van der Waals surface area contributed by atoms with Crippen molar-refractivity contribution < 1.29 is 19.0 Å². The Kier molecular flexibility index (Phi) is 4.77. The first kappa shape index (κ1) is 14.3. The molecule has 0 bridgehead atoms. The zero-order chi connectivity index (χ0) is 13.8. The SMILES string of the molecule is O=C(O)C1CCC(OCc2cc(F)ccc2Cl)CC1. The van der Waals surface area contributed by atoms with Gasteiger partial charge in [-0.1, -0.05) is 11.6 Å². The summed E-state index contributed by atoms with van der Waals surface area (Å²) in [6, 6.07) is 4.19. The number of carboxylic acids is 1. The highest BCUT2D eigenvalue weighted by Gasteiger charge is 2.26. The zero-order valence-electron chi connectivity index (χ0n) is 10.4. The number of carboxylic acid groups (broad SMARTS) is 1. The number of halogens is 2. The maximum atomic E-state index is 13.1. The fourth-order valence-corrected chi connectivity index (χ4v) is 2.51. The average Bonchev–Trinajstić information content (AvgIpc) is 2.40. The lowest BCUT2D eigenvalue weighted by atomic mass is 9.87. The highest BCUT2D eigenvalue weighted by Crippen LogP contribution is 2.27. The van der Waals surface area contributed by atoms with Gasteiger partial charge < -0.3 is 9.84 Å². The molecule has 5 heteroatoms. The molecule has 1 aliphatic rings. The molecule has 104 valence electrons. The predicted molar refractivity (Wildman–Crippen MR) is 69.6 cm³/mol. The van der Waals surface area contributed by atoms with Gasteiger partial charge in [0.1, 0.15) is 5.82 Å². The topological polar surface area (TPSA) is 46.5 Å². The van der Waals surface area contributed by atoms with E-state index >= 15 is 0 Å². The van der Waals surface area contributed by atoms with Crippen molar-refractivity contribution in [2.75, 3.05) is 0 Å². The van der Waals surface area contributed by atoms with Crippen molar-refractivity contribution in [1.82, 2.24) is 0 Å². The minimum atomic E-state index is -0.730. The number of rotatable bonds is 4. The number of ether oxygens (including phenoxy) is 1. The summed E-state index contributed by atoms with van der Waals surface area (Å²) in [6.07, 6.45) is 2.76. The van der Waals surface area contributed by atoms with Crippen molar-refractivity contribution in [2.45, 2.75) is 38.4 Å². The van der Waals surface area contributed by atoms with E-state index in [2.05, 4.69) is 0 Å². The van der Waals surface area contributed by atoms with Crippen LogP contribution in [0.2, 0.25) is 5.02 Å². The van der Waals surface area contributed by atoms with Crippen LogP contribution in [0.1, 0.15) is 31.2 Å². The number of aliphatic carboxylic acids is 1. The van der Waals surface area contributed by atoms with Crippen LogP contribution in [0.15, 0.2) is 18.2 Å². The van der Waals surface area contributed by atoms with Gasteiger partial charge in [0.15, 0.2) is 0 Å². The molecule has 0 amide bonds. The van der Waals surface area contributed by atoms with Gasteiger partial charge in [-0.05, 0) is 49.4 Å².